The quantitative estimate of drug-likeness (QED) is 0.400. The van der Waals surface area contributed by atoms with Crippen LogP contribution in [0.2, 0.25) is 0 Å². The first kappa shape index (κ1) is 11.2. The number of nitrogens with zero attached hydrogens (tertiary/aromatic N) is 2. The van der Waals surface area contributed by atoms with Crippen molar-refractivity contribution in [2.45, 2.75) is 13.1 Å². The summed E-state index contributed by atoms with van der Waals surface area (Å²) in [5, 5.41) is 5.20. The highest BCUT2D eigenvalue weighted by Crippen LogP contribution is 1.87. The molecule has 0 saturated heterocycles. The van der Waals surface area contributed by atoms with Crippen molar-refractivity contribution in [1.82, 2.24) is 5.32 Å². The molecule has 0 aliphatic carbocycles. The Bertz CT molecular complexity index is 199. The van der Waals surface area contributed by atoms with Crippen LogP contribution < -0.4 is 5.32 Å². The van der Waals surface area contributed by atoms with Gasteiger partial charge in [0.1, 0.15) is 6.54 Å². The third kappa shape index (κ3) is 4.96. The predicted octanol–water partition coefficient (Wildman–Crippen LogP) is 0.700. The Labute approximate surface area is 77.7 Å². The summed E-state index contributed by atoms with van der Waals surface area (Å²) in [7, 11) is 3.38. The molecule has 0 aromatic carbocycles. The van der Waals surface area contributed by atoms with E-state index in [1.165, 1.54) is 0 Å². The Morgan fingerprint density at radius 3 is 2.83 bits per heavy atom. The lowest BCUT2D eigenvalue weighted by atomic mass is 10.5. The summed E-state index contributed by atoms with van der Waals surface area (Å²) < 4.78 is 4.95. The number of methoxy groups -OCH3 is 1. The Morgan fingerprint density at radius 2 is 2.42 bits per heavy atom. The lowest BCUT2D eigenvalue weighted by Gasteiger charge is -2.06. The van der Waals surface area contributed by atoms with Crippen LogP contribution in [0.5, 0.6) is 0 Å². The van der Waals surface area contributed by atoms with Gasteiger partial charge in [-0.2, -0.15) is 0 Å². The zero-order chi connectivity index (χ0) is 9.40. The highest BCUT2D eigenvalue weighted by atomic mass is 32.1. The minimum absolute atomic E-state index is 0.0280. The van der Waals surface area contributed by atoms with E-state index in [1.807, 2.05) is 14.0 Å². The molecule has 1 atom stereocenters. The second kappa shape index (κ2) is 6.91. The van der Waals surface area contributed by atoms with Gasteiger partial charge in [-0.3, -0.25) is 5.32 Å². The SMILES string of the molecule is CNC(C)/N=C(/CN=C=S)OC. The molecule has 0 fully saturated rings. The monoisotopic (exact) mass is 187 g/mol. The Hall–Kier alpha value is -0.770. The first-order valence-electron chi connectivity index (χ1n) is 3.56. The summed E-state index contributed by atoms with van der Waals surface area (Å²) in [6, 6.07) is 0. The molecule has 0 spiro atoms. The fraction of sp³-hybridized carbons (Fsp3) is 0.714. The van der Waals surface area contributed by atoms with E-state index in [0.717, 1.165) is 0 Å². The highest BCUT2D eigenvalue weighted by Gasteiger charge is 1.99. The second-order valence-electron chi connectivity index (χ2n) is 2.10. The Balaban J connectivity index is 4.11. The van der Waals surface area contributed by atoms with Gasteiger partial charge in [0.05, 0.1) is 18.4 Å². The van der Waals surface area contributed by atoms with Crippen LogP contribution in [0, 0.1) is 0 Å². The molecule has 0 saturated carbocycles. The standard InChI is InChI=1S/C7H13N3OS/c1-6(8-2)10-7(11-3)4-9-5-12/h6,8H,4H2,1-3H3/b10-7-. The van der Waals surface area contributed by atoms with Crippen molar-refractivity contribution < 1.29 is 4.74 Å². The van der Waals surface area contributed by atoms with Crippen LogP contribution in [0.3, 0.4) is 0 Å². The van der Waals surface area contributed by atoms with Gasteiger partial charge in [0.2, 0.25) is 5.90 Å². The van der Waals surface area contributed by atoms with E-state index in [4.69, 9.17) is 4.74 Å². The van der Waals surface area contributed by atoms with E-state index < -0.39 is 0 Å². The van der Waals surface area contributed by atoms with Crippen LogP contribution in [-0.2, 0) is 4.74 Å². The van der Waals surface area contributed by atoms with Crippen LogP contribution in [0.4, 0.5) is 0 Å². The summed E-state index contributed by atoms with van der Waals surface area (Å²) >= 11 is 4.42. The van der Waals surface area contributed by atoms with Crippen molar-refractivity contribution in [3.8, 4) is 0 Å². The molecule has 4 nitrogen and oxygen atoms in total. The Morgan fingerprint density at radius 1 is 1.75 bits per heavy atom. The molecule has 0 aromatic rings. The van der Waals surface area contributed by atoms with E-state index in [2.05, 4.69) is 32.7 Å². The molecule has 1 N–H and O–H groups in total. The second-order valence-corrected chi connectivity index (χ2v) is 2.28. The topological polar surface area (TPSA) is 46.0 Å². The van der Waals surface area contributed by atoms with Crippen molar-refractivity contribution in [3.05, 3.63) is 0 Å². The zero-order valence-electron chi connectivity index (χ0n) is 7.50. The first-order chi connectivity index (χ1) is 5.74. The van der Waals surface area contributed by atoms with Gasteiger partial charge in [0.15, 0.2) is 0 Å². The van der Waals surface area contributed by atoms with Crippen molar-refractivity contribution >= 4 is 23.3 Å². The minimum Gasteiger partial charge on any atom is -0.483 e. The van der Waals surface area contributed by atoms with Gasteiger partial charge in [0, 0.05) is 0 Å². The van der Waals surface area contributed by atoms with E-state index >= 15 is 0 Å². The van der Waals surface area contributed by atoms with Gasteiger partial charge in [-0.15, -0.1) is 0 Å². The number of nitrogens with one attached hydrogen (secondary N) is 1. The van der Waals surface area contributed by atoms with Gasteiger partial charge in [-0.05, 0) is 26.2 Å². The number of hydrogen-bond acceptors (Lipinski definition) is 5. The summed E-state index contributed by atoms with van der Waals surface area (Å²) in [4.78, 5) is 7.87. The lowest BCUT2D eigenvalue weighted by molar-refractivity contribution is 0.388. The molecule has 0 rings (SSSR count). The van der Waals surface area contributed by atoms with Gasteiger partial charge >= 0.3 is 0 Å². The molecular weight excluding hydrogens is 174 g/mol. The van der Waals surface area contributed by atoms with E-state index in [-0.39, 0.29) is 6.17 Å². The maximum absolute atomic E-state index is 4.95. The molecule has 5 heteroatoms. The number of ether oxygens (including phenoxy) is 1. The molecule has 0 radical (unpaired) electrons. The summed E-state index contributed by atoms with van der Waals surface area (Å²) in [6.45, 7) is 2.27. The summed E-state index contributed by atoms with van der Waals surface area (Å²) in [6.07, 6.45) is 0.0280. The van der Waals surface area contributed by atoms with Crippen LogP contribution in [0.1, 0.15) is 6.92 Å². The molecular formula is C7H13N3OS. The highest BCUT2D eigenvalue weighted by molar-refractivity contribution is 7.78. The number of aliphatic imine (C=N–C) groups is 2. The fourth-order valence-corrected chi connectivity index (χ4v) is 0.603. The molecule has 0 aliphatic rings. The maximum atomic E-state index is 4.95. The van der Waals surface area contributed by atoms with Gasteiger partial charge < -0.3 is 4.74 Å². The molecule has 0 aromatic heterocycles. The number of thiocarbonyl (C=S) groups is 1. The van der Waals surface area contributed by atoms with E-state index in [9.17, 15) is 0 Å². The average Bonchev–Trinajstić information content (AvgIpc) is 2.11. The average molecular weight is 187 g/mol. The number of hydrogen-bond donors (Lipinski definition) is 1. The van der Waals surface area contributed by atoms with Crippen LogP contribution >= 0.6 is 12.2 Å². The molecule has 12 heavy (non-hydrogen) atoms. The maximum Gasteiger partial charge on any atom is 0.207 e. The molecule has 0 amide bonds. The molecule has 0 bridgehead atoms. The lowest BCUT2D eigenvalue weighted by Crippen LogP contribution is -2.22. The predicted molar refractivity (Wildman–Crippen MR) is 52.9 cm³/mol. The molecule has 68 valence electrons. The summed E-state index contributed by atoms with van der Waals surface area (Å²) in [5.74, 6) is 0.550. The van der Waals surface area contributed by atoms with Crippen molar-refractivity contribution in [3.63, 3.8) is 0 Å². The first-order valence-corrected chi connectivity index (χ1v) is 3.97. The van der Waals surface area contributed by atoms with Crippen molar-refractivity contribution in [1.29, 1.82) is 0 Å². The zero-order valence-corrected chi connectivity index (χ0v) is 8.31. The smallest absolute Gasteiger partial charge is 0.207 e. The minimum atomic E-state index is 0.0280. The van der Waals surface area contributed by atoms with Gasteiger partial charge in [-0.25, -0.2) is 9.98 Å². The molecule has 1 unspecified atom stereocenters. The molecule has 0 heterocycles. The third-order valence-corrected chi connectivity index (χ3v) is 1.40. The van der Waals surface area contributed by atoms with E-state index in [0.29, 0.717) is 12.4 Å². The Kier molecular flexibility index (Phi) is 6.47. The van der Waals surface area contributed by atoms with Crippen LogP contribution in [0.25, 0.3) is 0 Å². The van der Waals surface area contributed by atoms with E-state index in [1.54, 1.807) is 7.11 Å². The normalized spacial score (nSPS) is 13.4. The van der Waals surface area contributed by atoms with Crippen LogP contribution in [-0.4, -0.2) is 37.9 Å². The number of isothiocyanates is 1. The van der Waals surface area contributed by atoms with Crippen LogP contribution in [0.15, 0.2) is 9.98 Å². The third-order valence-electron chi connectivity index (χ3n) is 1.27. The van der Waals surface area contributed by atoms with Crippen molar-refractivity contribution in [2.75, 3.05) is 20.7 Å². The van der Waals surface area contributed by atoms with Crippen molar-refractivity contribution in [2.24, 2.45) is 9.98 Å². The number of rotatable bonds is 4. The fourth-order valence-electron chi connectivity index (χ4n) is 0.539. The van der Waals surface area contributed by atoms with Gasteiger partial charge in [0.25, 0.3) is 0 Å². The summed E-state index contributed by atoms with van der Waals surface area (Å²) in [5.41, 5.74) is 0. The van der Waals surface area contributed by atoms with Gasteiger partial charge in [-0.1, -0.05) is 0 Å². The largest absolute Gasteiger partial charge is 0.483 e. The molecule has 0 aliphatic heterocycles.